The predicted octanol–water partition coefficient (Wildman–Crippen LogP) is 3.50. The molecule has 2 nitrogen and oxygen atoms in total. The summed E-state index contributed by atoms with van der Waals surface area (Å²) in [5.41, 5.74) is 0.0560. The monoisotopic (exact) mass is 312 g/mol. The average Bonchev–Trinajstić information content (AvgIpc) is 2.32. The van der Waals surface area contributed by atoms with Crippen LogP contribution < -0.4 is 5.32 Å². The summed E-state index contributed by atoms with van der Waals surface area (Å²) in [6.45, 7) is 1.75. The van der Waals surface area contributed by atoms with Crippen LogP contribution in [0.2, 0.25) is 10.0 Å². The number of rotatable bonds is 2. The SMILES string of the molecule is FC(F)(F)[C@@H](c1ccc(Cl)cc1Cl)N1CCNCC1. The van der Waals surface area contributed by atoms with Gasteiger partial charge >= 0.3 is 6.18 Å². The molecule has 1 aromatic rings. The van der Waals surface area contributed by atoms with Gasteiger partial charge in [0, 0.05) is 36.2 Å². The van der Waals surface area contributed by atoms with Crippen molar-refractivity contribution in [2.45, 2.75) is 12.2 Å². The van der Waals surface area contributed by atoms with Crippen molar-refractivity contribution in [1.29, 1.82) is 0 Å². The lowest BCUT2D eigenvalue weighted by Gasteiger charge is -2.36. The van der Waals surface area contributed by atoms with E-state index in [2.05, 4.69) is 5.32 Å². The minimum atomic E-state index is -4.37. The molecule has 1 aromatic carbocycles. The van der Waals surface area contributed by atoms with E-state index in [1.807, 2.05) is 0 Å². The standard InChI is InChI=1S/C12H13Cl2F3N2/c13-8-1-2-9(10(14)7-8)11(12(15,16)17)19-5-3-18-4-6-19/h1-2,7,11,18H,3-6H2/t11-/m1/s1. The fourth-order valence-electron chi connectivity index (χ4n) is 2.24. The molecule has 19 heavy (non-hydrogen) atoms. The van der Waals surface area contributed by atoms with Gasteiger partial charge < -0.3 is 5.32 Å². The Balaban J connectivity index is 2.36. The molecule has 7 heteroatoms. The molecule has 1 heterocycles. The van der Waals surface area contributed by atoms with Crippen LogP contribution in [0.4, 0.5) is 13.2 Å². The Morgan fingerprint density at radius 2 is 1.79 bits per heavy atom. The fraction of sp³-hybridized carbons (Fsp3) is 0.500. The maximum Gasteiger partial charge on any atom is 0.408 e. The fourth-order valence-corrected chi connectivity index (χ4v) is 2.76. The third-order valence-electron chi connectivity index (χ3n) is 3.08. The smallest absolute Gasteiger partial charge is 0.314 e. The van der Waals surface area contributed by atoms with Gasteiger partial charge in [-0.15, -0.1) is 0 Å². The number of nitrogens with one attached hydrogen (secondary N) is 1. The molecule has 0 saturated carbocycles. The number of alkyl halides is 3. The Kier molecular flexibility index (Phi) is 4.61. The Morgan fingerprint density at radius 3 is 2.32 bits per heavy atom. The number of piperazine rings is 1. The average molecular weight is 313 g/mol. The number of hydrogen-bond acceptors (Lipinski definition) is 2. The summed E-state index contributed by atoms with van der Waals surface area (Å²) in [7, 11) is 0. The molecule has 1 atom stereocenters. The van der Waals surface area contributed by atoms with Gasteiger partial charge in [0.2, 0.25) is 0 Å². The molecule has 0 unspecified atom stereocenters. The molecule has 1 fully saturated rings. The van der Waals surface area contributed by atoms with Crippen LogP contribution in [0.1, 0.15) is 11.6 Å². The van der Waals surface area contributed by atoms with Crippen molar-refractivity contribution in [2.75, 3.05) is 26.2 Å². The van der Waals surface area contributed by atoms with Crippen LogP contribution in [0.5, 0.6) is 0 Å². The number of nitrogens with zero attached hydrogens (tertiary/aromatic N) is 1. The molecular formula is C12H13Cl2F3N2. The molecule has 0 amide bonds. The van der Waals surface area contributed by atoms with Crippen LogP contribution in [0.15, 0.2) is 18.2 Å². The lowest BCUT2D eigenvalue weighted by Crippen LogP contribution is -2.49. The largest absolute Gasteiger partial charge is 0.408 e. The van der Waals surface area contributed by atoms with Gasteiger partial charge in [-0.25, -0.2) is 0 Å². The van der Waals surface area contributed by atoms with Gasteiger partial charge in [0.1, 0.15) is 6.04 Å². The van der Waals surface area contributed by atoms with Crippen molar-refractivity contribution in [3.05, 3.63) is 33.8 Å². The lowest BCUT2D eigenvalue weighted by molar-refractivity contribution is -0.187. The minimum absolute atomic E-state index is 0.0494. The van der Waals surface area contributed by atoms with Crippen LogP contribution in [0.3, 0.4) is 0 Å². The van der Waals surface area contributed by atoms with Gasteiger partial charge in [-0.2, -0.15) is 13.2 Å². The zero-order chi connectivity index (χ0) is 14.0. The highest BCUT2D eigenvalue weighted by Gasteiger charge is 2.45. The summed E-state index contributed by atoms with van der Waals surface area (Å²) in [5, 5.41) is 3.41. The molecule has 1 aliphatic heterocycles. The topological polar surface area (TPSA) is 15.3 Å². The van der Waals surface area contributed by atoms with Crippen molar-refractivity contribution < 1.29 is 13.2 Å². The first-order valence-electron chi connectivity index (χ1n) is 5.86. The van der Waals surface area contributed by atoms with E-state index >= 15 is 0 Å². The number of hydrogen-bond donors (Lipinski definition) is 1. The predicted molar refractivity (Wildman–Crippen MR) is 69.7 cm³/mol. The molecule has 0 bridgehead atoms. The Morgan fingerprint density at radius 1 is 1.16 bits per heavy atom. The van der Waals surface area contributed by atoms with E-state index in [1.54, 1.807) is 0 Å². The summed E-state index contributed by atoms with van der Waals surface area (Å²) in [6, 6.07) is 2.45. The summed E-state index contributed by atoms with van der Waals surface area (Å²) in [4.78, 5) is 1.39. The van der Waals surface area contributed by atoms with E-state index in [1.165, 1.54) is 23.1 Å². The molecule has 1 N–H and O–H groups in total. The van der Waals surface area contributed by atoms with Gasteiger partial charge in [0.15, 0.2) is 0 Å². The molecule has 0 aromatic heterocycles. The summed E-state index contributed by atoms with van der Waals surface area (Å²) >= 11 is 11.7. The van der Waals surface area contributed by atoms with Crippen molar-refractivity contribution in [1.82, 2.24) is 10.2 Å². The molecule has 0 radical (unpaired) electrons. The number of benzene rings is 1. The van der Waals surface area contributed by atoms with Crippen molar-refractivity contribution >= 4 is 23.2 Å². The Bertz CT molecular complexity index is 445. The van der Waals surface area contributed by atoms with Crippen molar-refractivity contribution in [2.24, 2.45) is 0 Å². The normalized spacial score (nSPS) is 19.4. The van der Waals surface area contributed by atoms with E-state index in [0.717, 1.165) is 0 Å². The van der Waals surface area contributed by atoms with E-state index in [4.69, 9.17) is 23.2 Å². The Hall–Kier alpha value is -0.490. The van der Waals surface area contributed by atoms with E-state index in [-0.39, 0.29) is 10.6 Å². The van der Waals surface area contributed by atoms with Crippen molar-refractivity contribution in [3.8, 4) is 0 Å². The molecule has 0 aliphatic carbocycles. The van der Waals surface area contributed by atoms with Crippen molar-refractivity contribution in [3.63, 3.8) is 0 Å². The summed E-state index contributed by atoms with van der Waals surface area (Å²) in [5.74, 6) is 0. The van der Waals surface area contributed by atoms with Crippen LogP contribution in [-0.4, -0.2) is 37.3 Å². The van der Waals surface area contributed by atoms with E-state index in [0.29, 0.717) is 31.2 Å². The molecule has 0 spiro atoms. The molecule has 106 valence electrons. The summed E-state index contributed by atoms with van der Waals surface area (Å²) in [6.07, 6.45) is -4.37. The highest BCUT2D eigenvalue weighted by atomic mass is 35.5. The molecule has 1 saturated heterocycles. The van der Waals surface area contributed by atoms with E-state index < -0.39 is 12.2 Å². The maximum absolute atomic E-state index is 13.3. The van der Waals surface area contributed by atoms with Crippen LogP contribution >= 0.6 is 23.2 Å². The minimum Gasteiger partial charge on any atom is -0.314 e. The first-order valence-corrected chi connectivity index (χ1v) is 6.61. The number of halogens is 5. The van der Waals surface area contributed by atoms with Gasteiger partial charge in [0.05, 0.1) is 0 Å². The first-order chi connectivity index (χ1) is 8.89. The summed E-state index contributed by atoms with van der Waals surface area (Å²) < 4.78 is 40.0. The third kappa shape index (κ3) is 3.54. The third-order valence-corrected chi connectivity index (χ3v) is 3.65. The van der Waals surface area contributed by atoms with Crippen LogP contribution in [-0.2, 0) is 0 Å². The molecule has 2 rings (SSSR count). The lowest BCUT2D eigenvalue weighted by atomic mass is 10.0. The highest BCUT2D eigenvalue weighted by Crippen LogP contribution is 2.41. The van der Waals surface area contributed by atoms with Crippen LogP contribution in [0, 0.1) is 0 Å². The quantitative estimate of drug-likeness (QED) is 0.899. The first kappa shape index (κ1) is 14.9. The van der Waals surface area contributed by atoms with Gasteiger partial charge in [-0.05, 0) is 17.7 Å². The zero-order valence-electron chi connectivity index (χ0n) is 9.97. The van der Waals surface area contributed by atoms with Gasteiger partial charge in [-0.1, -0.05) is 29.3 Å². The zero-order valence-corrected chi connectivity index (χ0v) is 11.5. The molecular weight excluding hydrogens is 300 g/mol. The highest BCUT2D eigenvalue weighted by molar-refractivity contribution is 6.35. The maximum atomic E-state index is 13.3. The Labute approximate surface area is 119 Å². The van der Waals surface area contributed by atoms with Gasteiger partial charge in [-0.3, -0.25) is 4.90 Å². The second-order valence-electron chi connectivity index (χ2n) is 4.40. The van der Waals surface area contributed by atoms with Crippen LogP contribution in [0.25, 0.3) is 0 Å². The second kappa shape index (κ2) is 5.87. The second-order valence-corrected chi connectivity index (χ2v) is 5.24. The molecule has 1 aliphatic rings. The van der Waals surface area contributed by atoms with Gasteiger partial charge in [0.25, 0.3) is 0 Å². The van der Waals surface area contributed by atoms with E-state index in [9.17, 15) is 13.2 Å².